The van der Waals surface area contributed by atoms with E-state index in [0.29, 0.717) is 11.8 Å². The minimum absolute atomic E-state index is 0.128. The van der Waals surface area contributed by atoms with Crippen molar-refractivity contribution >= 4 is 0 Å². The molecule has 1 aromatic carbocycles. The first-order valence-corrected chi connectivity index (χ1v) is 5.93. The highest BCUT2D eigenvalue weighted by Crippen LogP contribution is 2.43. The lowest BCUT2D eigenvalue weighted by atomic mass is 9.85. The lowest BCUT2D eigenvalue weighted by molar-refractivity contribution is 0.332. The molecule has 1 aliphatic carbocycles. The third-order valence-electron chi connectivity index (χ3n) is 3.63. The summed E-state index contributed by atoms with van der Waals surface area (Å²) < 4.78 is 13.6. The maximum Gasteiger partial charge on any atom is 0.126 e. The van der Waals surface area contributed by atoms with Crippen molar-refractivity contribution in [1.29, 1.82) is 0 Å². The third kappa shape index (κ3) is 2.43. The van der Waals surface area contributed by atoms with Crippen LogP contribution in [0.4, 0.5) is 4.39 Å². The number of hydrogen-bond acceptors (Lipinski definition) is 1. The molecule has 1 atom stereocenters. The number of nitrogens with two attached hydrogens (primary N) is 1. The molecule has 1 unspecified atom stereocenters. The zero-order valence-corrected chi connectivity index (χ0v) is 10.1. The Balaban J connectivity index is 2.14. The van der Waals surface area contributed by atoms with Crippen LogP contribution in [0.5, 0.6) is 0 Å². The van der Waals surface area contributed by atoms with Gasteiger partial charge in [0.2, 0.25) is 0 Å². The summed E-state index contributed by atoms with van der Waals surface area (Å²) in [6.45, 7) is 4.48. The van der Waals surface area contributed by atoms with E-state index in [-0.39, 0.29) is 11.4 Å². The topological polar surface area (TPSA) is 26.0 Å². The summed E-state index contributed by atoms with van der Waals surface area (Å²) in [6.07, 6.45) is 3.77. The van der Waals surface area contributed by atoms with Gasteiger partial charge >= 0.3 is 0 Å². The fraction of sp³-hybridized carbons (Fsp3) is 0.571. The van der Waals surface area contributed by atoms with Crippen LogP contribution in [-0.2, 0) is 6.42 Å². The largest absolute Gasteiger partial charge is 0.325 e. The Morgan fingerprint density at radius 1 is 1.25 bits per heavy atom. The van der Waals surface area contributed by atoms with Gasteiger partial charge in [0.1, 0.15) is 5.82 Å². The smallest absolute Gasteiger partial charge is 0.126 e. The second-order valence-electron chi connectivity index (χ2n) is 5.97. The lowest BCUT2D eigenvalue weighted by Crippen LogP contribution is -2.40. The monoisotopic (exact) mass is 221 g/mol. The molecule has 88 valence electrons. The van der Waals surface area contributed by atoms with Crippen LogP contribution in [0.2, 0.25) is 0 Å². The molecule has 0 radical (unpaired) electrons. The van der Waals surface area contributed by atoms with E-state index in [2.05, 4.69) is 13.8 Å². The number of hydrogen-bond donors (Lipinski definition) is 1. The molecule has 2 heteroatoms. The standard InChI is InChI=1S/C14H20FN/c1-13(2)7-8-14(16,10-13)9-11-5-3-4-6-12(11)15/h3-6H,7-10,16H2,1-2H3. The van der Waals surface area contributed by atoms with Crippen LogP contribution < -0.4 is 5.73 Å². The van der Waals surface area contributed by atoms with Gasteiger partial charge in [-0.25, -0.2) is 4.39 Å². The molecule has 0 aromatic heterocycles. The summed E-state index contributed by atoms with van der Waals surface area (Å²) >= 11 is 0. The number of benzene rings is 1. The van der Waals surface area contributed by atoms with E-state index in [1.165, 1.54) is 6.07 Å². The van der Waals surface area contributed by atoms with Gasteiger partial charge in [-0.2, -0.15) is 0 Å². The van der Waals surface area contributed by atoms with E-state index in [1.807, 2.05) is 12.1 Å². The maximum absolute atomic E-state index is 13.6. The molecule has 0 saturated heterocycles. The van der Waals surface area contributed by atoms with Crippen molar-refractivity contribution in [3.05, 3.63) is 35.6 Å². The minimum Gasteiger partial charge on any atom is -0.325 e. The first kappa shape index (κ1) is 11.6. The summed E-state index contributed by atoms with van der Waals surface area (Å²) in [5.41, 5.74) is 7.21. The van der Waals surface area contributed by atoms with E-state index in [4.69, 9.17) is 5.73 Å². The number of halogens is 1. The summed E-state index contributed by atoms with van der Waals surface area (Å²) in [6, 6.07) is 6.95. The third-order valence-corrected chi connectivity index (χ3v) is 3.63. The van der Waals surface area contributed by atoms with E-state index >= 15 is 0 Å². The Hall–Kier alpha value is -0.890. The SMILES string of the molecule is CC1(C)CCC(N)(Cc2ccccc2F)C1. The van der Waals surface area contributed by atoms with Gasteiger partial charge in [0.05, 0.1) is 0 Å². The van der Waals surface area contributed by atoms with Crippen molar-refractivity contribution < 1.29 is 4.39 Å². The van der Waals surface area contributed by atoms with E-state index in [9.17, 15) is 4.39 Å². The first-order valence-electron chi connectivity index (χ1n) is 5.93. The van der Waals surface area contributed by atoms with E-state index in [1.54, 1.807) is 6.07 Å². The zero-order chi connectivity index (χ0) is 11.8. The van der Waals surface area contributed by atoms with Crippen LogP contribution >= 0.6 is 0 Å². The van der Waals surface area contributed by atoms with Gasteiger partial charge in [-0.1, -0.05) is 32.0 Å². The van der Waals surface area contributed by atoms with Crippen molar-refractivity contribution in [2.45, 2.75) is 45.1 Å². The molecule has 1 fully saturated rings. The fourth-order valence-corrected chi connectivity index (χ4v) is 2.89. The fourth-order valence-electron chi connectivity index (χ4n) is 2.89. The van der Waals surface area contributed by atoms with Crippen LogP contribution in [0.15, 0.2) is 24.3 Å². The molecule has 2 rings (SSSR count). The molecule has 1 aromatic rings. The summed E-state index contributed by atoms with van der Waals surface area (Å²) in [5, 5.41) is 0. The predicted molar refractivity (Wildman–Crippen MR) is 64.7 cm³/mol. The van der Waals surface area contributed by atoms with Gasteiger partial charge in [-0.3, -0.25) is 0 Å². The molecule has 16 heavy (non-hydrogen) atoms. The molecule has 1 saturated carbocycles. The minimum atomic E-state index is -0.217. The van der Waals surface area contributed by atoms with Gasteiger partial charge in [0.15, 0.2) is 0 Å². The maximum atomic E-state index is 13.6. The van der Waals surface area contributed by atoms with Crippen LogP contribution in [0.25, 0.3) is 0 Å². The quantitative estimate of drug-likeness (QED) is 0.815. The van der Waals surface area contributed by atoms with Gasteiger partial charge < -0.3 is 5.73 Å². The van der Waals surface area contributed by atoms with Gasteiger partial charge in [-0.05, 0) is 42.7 Å². The van der Waals surface area contributed by atoms with Crippen molar-refractivity contribution in [1.82, 2.24) is 0 Å². The Morgan fingerprint density at radius 3 is 2.50 bits per heavy atom. The van der Waals surface area contributed by atoms with Gasteiger partial charge in [-0.15, -0.1) is 0 Å². The molecule has 0 bridgehead atoms. The second-order valence-corrected chi connectivity index (χ2v) is 5.97. The molecule has 2 N–H and O–H groups in total. The van der Waals surface area contributed by atoms with Gasteiger partial charge in [0, 0.05) is 5.54 Å². The molecular weight excluding hydrogens is 201 g/mol. The molecule has 1 aliphatic rings. The second kappa shape index (κ2) is 3.85. The van der Waals surface area contributed by atoms with Crippen molar-refractivity contribution in [3.63, 3.8) is 0 Å². The van der Waals surface area contributed by atoms with Crippen molar-refractivity contribution in [3.8, 4) is 0 Å². The Morgan fingerprint density at radius 2 is 1.94 bits per heavy atom. The Bertz CT molecular complexity index is 386. The Kier molecular flexibility index (Phi) is 2.79. The predicted octanol–water partition coefficient (Wildman–Crippen LogP) is 3.28. The molecular formula is C14H20FN. The highest BCUT2D eigenvalue weighted by atomic mass is 19.1. The van der Waals surface area contributed by atoms with Crippen LogP contribution in [0.3, 0.4) is 0 Å². The van der Waals surface area contributed by atoms with Crippen LogP contribution in [-0.4, -0.2) is 5.54 Å². The molecule has 0 heterocycles. The molecule has 0 spiro atoms. The van der Waals surface area contributed by atoms with E-state index < -0.39 is 0 Å². The number of rotatable bonds is 2. The molecule has 0 amide bonds. The highest BCUT2D eigenvalue weighted by Gasteiger charge is 2.40. The average Bonchev–Trinajstić information content (AvgIpc) is 2.45. The van der Waals surface area contributed by atoms with Gasteiger partial charge in [0.25, 0.3) is 0 Å². The van der Waals surface area contributed by atoms with Crippen LogP contribution in [0, 0.1) is 11.2 Å². The van der Waals surface area contributed by atoms with Crippen molar-refractivity contribution in [2.75, 3.05) is 0 Å². The average molecular weight is 221 g/mol. The van der Waals surface area contributed by atoms with Crippen molar-refractivity contribution in [2.24, 2.45) is 11.1 Å². The summed E-state index contributed by atoms with van der Waals surface area (Å²) in [7, 11) is 0. The first-order chi connectivity index (χ1) is 7.40. The lowest BCUT2D eigenvalue weighted by Gasteiger charge is -2.26. The molecule has 0 aliphatic heterocycles. The zero-order valence-electron chi connectivity index (χ0n) is 10.1. The normalized spacial score (nSPS) is 28.2. The van der Waals surface area contributed by atoms with Crippen LogP contribution in [0.1, 0.15) is 38.7 Å². The highest BCUT2D eigenvalue weighted by molar-refractivity contribution is 5.21. The molecule has 1 nitrogen and oxygen atoms in total. The summed E-state index contributed by atoms with van der Waals surface area (Å²) in [4.78, 5) is 0. The summed E-state index contributed by atoms with van der Waals surface area (Å²) in [5.74, 6) is -0.128. The van der Waals surface area contributed by atoms with E-state index in [0.717, 1.165) is 24.8 Å². The Labute approximate surface area is 96.9 Å².